The second kappa shape index (κ2) is 9.11. The highest BCUT2D eigenvalue weighted by atomic mass is 32.2. The molecule has 1 unspecified atom stereocenters. The van der Waals surface area contributed by atoms with Gasteiger partial charge in [0.15, 0.2) is 5.65 Å². The molecule has 0 amide bonds. The highest BCUT2D eigenvalue weighted by molar-refractivity contribution is 7.90. The van der Waals surface area contributed by atoms with Gasteiger partial charge in [0.2, 0.25) is 0 Å². The lowest BCUT2D eigenvalue weighted by Crippen LogP contribution is -2.30. The van der Waals surface area contributed by atoms with Crippen molar-refractivity contribution in [1.29, 1.82) is 0 Å². The molecular formula is C29H31N5O2S. The first kappa shape index (κ1) is 23.9. The molecule has 8 heteroatoms. The van der Waals surface area contributed by atoms with Crippen LogP contribution in [0, 0.1) is 6.92 Å². The third-order valence-electron chi connectivity index (χ3n) is 7.39. The van der Waals surface area contributed by atoms with Crippen molar-refractivity contribution in [3.8, 4) is 11.4 Å². The number of nitrogens with zero attached hydrogens (tertiary/aromatic N) is 4. The number of fused-ring (bicyclic) bond motifs is 3. The number of hydrogen-bond donors (Lipinski definition) is 1. The Kier molecular flexibility index (Phi) is 5.88. The molecule has 4 heterocycles. The zero-order valence-corrected chi connectivity index (χ0v) is 22.2. The first-order valence-electron chi connectivity index (χ1n) is 12.9. The van der Waals surface area contributed by atoms with Gasteiger partial charge in [-0.25, -0.2) is 22.4 Å². The van der Waals surface area contributed by atoms with Crippen molar-refractivity contribution in [3.63, 3.8) is 0 Å². The van der Waals surface area contributed by atoms with Crippen molar-refractivity contribution in [2.45, 2.75) is 50.3 Å². The van der Waals surface area contributed by atoms with E-state index in [1.165, 1.54) is 9.54 Å². The van der Waals surface area contributed by atoms with Crippen molar-refractivity contribution in [1.82, 2.24) is 23.7 Å². The summed E-state index contributed by atoms with van der Waals surface area (Å²) in [5.74, 6) is 2.27. The average Bonchev–Trinajstić information content (AvgIpc) is 3.54. The van der Waals surface area contributed by atoms with Crippen molar-refractivity contribution in [2.24, 2.45) is 0 Å². The smallest absolute Gasteiger partial charge is 0.269 e. The molecule has 7 nitrogen and oxygen atoms in total. The summed E-state index contributed by atoms with van der Waals surface area (Å²) in [4.78, 5) is 10.1. The van der Waals surface area contributed by atoms with Crippen LogP contribution in [0.1, 0.15) is 55.5 Å². The Morgan fingerprint density at radius 2 is 1.78 bits per heavy atom. The maximum atomic E-state index is 13.6. The van der Waals surface area contributed by atoms with Crippen LogP contribution in [0.2, 0.25) is 0 Å². The summed E-state index contributed by atoms with van der Waals surface area (Å²) >= 11 is 0. The zero-order chi connectivity index (χ0) is 25.7. The summed E-state index contributed by atoms with van der Waals surface area (Å²) in [6.45, 7) is 8.09. The highest BCUT2D eigenvalue weighted by Crippen LogP contribution is 2.33. The second-order valence-electron chi connectivity index (χ2n) is 10.3. The Bertz CT molecular complexity index is 1690. The quantitative estimate of drug-likeness (QED) is 0.336. The predicted molar refractivity (Wildman–Crippen MR) is 147 cm³/mol. The van der Waals surface area contributed by atoms with Gasteiger partial charge in [0.1, 0.15) is 11.6 Å². The van der Waals surface area contributed by atoms with Gasteiger partial charge >= 0.3 is 0 Å². The molecule has 1 N–H and O–H groups in total. The van der Waals surface area contributed by atoms with Gasteiger partial charge in [0, 0.05) is 29.6 Å². The molecule has 0 bridgehead atoms. The first-order valence-corrected chi connectivity index (χ1v) is 14.3. The van der Waals surface area contributed by atoms with E-state index in [1.54, 1.807) is 18.3 Å². The Morgan fingerprint density at radius 1 is 1.03 bits per heavy atom. The standard InChI is InChI=1S/C29H31N5O2S/c1-19(2)21-8-10-22(11-9-21)27-31-18-26-25-14-16-33(37(35,36)24-12-6-20(3)7-13-24)29(25)32-28(34(26)27)23-5-4-15-30-17-23/h6-14,16,18-19,23,30H,4-5,15,17H2,1-3H3. The first-order chi connectivity index (χ1) is 17.8. The summed E-state index contributed by atoms with van der Waals surface area (Å²) in [7, 11) is -3.80. The van der Waals surface area contributed by atoms with Gasteiger partial charge in [-0.2, -0.15) is 0 Å². The summed E-state index contributed by atoms with van der Waals surface area (Å²) in [6.07, 6.45) is 5.48. The molecule has 1 aliphatic rings. The fourth-order valence-corrected chi connectivity index (χ4v) is 6.53. The lowest BCUT2D eigenvalue weighted by atomic mass is 9.98. The molecule has 1 aliphatic heterocycles. The molecule has 2 aromatic carbocycles. The number of benzene rings is 2. The number of aromatic nitrogens is 4. The van der Waals surface area contributed by atoms with Crippen LogP contribution in [0.3, 0.4) is 0 Å². The van der Waals surface area contributed by atoms with E-state index in [-0.39, 0.29) is 10.8 Å². The van der Waals surface area contributed by atoms with Crippen LogP contribution in [0.5, 0.6) is 0 Å². The van der Waals surface area contributed by atoms with Crippen LogP contribution in [-0.2, 0) is 10.0 Å². The van der Waals surface area contributed by atoms with Gasteiger partial charge in [-0.15, -0.1) is 0 Å². The highest BCUT2D eigenvalue weighted by Gasteiger charge is 2.27. The molecule has 0 aliphatic carbocycles. The number of piperidine rings is 1. The molecule has 6 rings (SSSR count). The van der Waals surface area contributed by atoms with Crippen LogP contribution < -0.4 is 5.32 Å². The van der Waals surface area contributed by atoms with Crippen LogP contribution in [-0.4, -0.2) is 39.8 Å². The molecule has 3 aromatic heterocycles. The Labute approximate surface area is 217 Å². The van der Waals surface area contributed by atoms with Gasteiger partial charge in [-0.3, -0.25) is 4.40 Å². The van der Waals surface area contributed by atoms with E-state index in [0.29, 0.717) is 11.6 Å². The average molecular weight is 514 g/mol. The molecule has 0 spiro atoms. The van der Waals surface area contributed by atoms with Crippen molar-refractivity contribution in [3.05, 3.63) is 83.9 Å². The summed E-state index contributed by atoms with van der Waals surface area (Å²) < 4.78 is 30.7. The predicted octanol–water partition coefficient (Wildman–Crippen LogP) is 5.49. The number of hydrogen-bond acceptors (Lipinski definition) is 5. The van der Waals surface area contributed by atoms with Crippen molar-refractivity contribution >= 4 is 26.6 Å². The fraction of sp³-hybridized carbons (Fsp3) is 0.310. The number of imidazole rings is 1. The third-order valence-corrected chi connectivity index (χ3v) is 9.07. The Morgan fingerprint density at radius 3 is 2.46 bits per heavy atom. The van der Waals surface area contributed by atoms with E-state index in [4.69, 9.17) is 9.97 Å². The minimum atomic E-state index is -3.80. The number of rotatable bonds is 5. The summed E-state index contributed by atoms with van der Waals surface area (Å²) in [5, 5.41) is 4.25. The van der Waals surface area contributed by atoms with Crippen molar-refractivity contribution < 1.29 is 8.42 Å². The van der Waals surface area contributed by atoms with E-state index in [1.807, 2.05) is 31.3 Å². The van der Waals surface area contributed by atoms with Gasteiger partial charge in [0.05, 0.1) is 16.6 Å². The topological polar surface area (TPSA) is 81.3 Å². The monoisotopic (exact) mass is 513 g/mol. The SMILES string of the molecule is Cc1ccc(S(=O)(=O)n2ccc3c2nc(C2CCCNC2)n2c(-c4ccc(C(C)C)cc4)ncc32)cc1. The van der Waals surface area contributed by atoms with Crippen LogP contribution >= 0.6 is 0 Å². The largest absolute Gasteiger partial charge is 0.316 e. The molecular weight excluding hydrogens is 482 g/mol. The van der Waals surface area contributed by atoms with Gasteiger partial charge in [-0.1, -0.05) is 55.8 Å². The molecule has 1 fully saturated rings. The number of aryl methyl sites for hydroxylation is 1. The van der Waals surface area contributed by atoms with Crippen LogP contribution in [0.15, 0.2) is 71.9 Å². The van der Waals surface area contributed by atoms with Crippen LogP contribution in [0.4, 0.5) is 0 Å². The Hall–Kier alpha value is -3.49. The minimum absolute atomic E-state index is 0.147. The van der Waals surface area contributed by atoms with Gasteiger partial charge < -0.3 is 5.32 Å². The minimum Gasteiger partial charge on any atom is -0.316 e. The molecule has 0 saturated carbocycles. The lowest BCUT2D eigenvalue weighted by molar-refractivity contribution is 0.444. The van der Waals surface area contributed by atoms with E-state index >= 15 is 0 Å². The van der Waals surface area contributed by atoms with E-state index in [9.17, 15) is 8.42 Å². The second-order valence-corrected chi connectivity index (χ2v) is 12.1. The maximum Gasteiger partial charge on any atom is 0.269 e. The van der Waals surface area contributed by atoms with Gasteiger partial charge in [0.25, 0.3) is 10.0 Å². The maximum absolute atomic E-state index is 13.6. The lowest BCUT2D eigenvalue weighted by Gasteiger charge is -2.24. The summed E-state index contributed by atoms with van der Waals surface area (Å²) in [6, 6.07) is 17.3. The number of nitrogens with one attached hydrogen (secondary N) is 1. The molecule has 37 heavy (non-hydrogen) atoms. The van der Waals surface area contributed by atoms with E-state index in [0.717, 1.165) is 59.6 Å². The van der Waals surface area contributed by atoms with Crippen molar-refractivity contribution in [2.75, 3.05) is 13.1 Å². The molecule has 1 saturated heterocycles. The zero-order valence-electron chi connectivity index (χ0n) is 21.3. The Balaban J connectivity index is 1.58. The fourth-order valence-electron chi connectivity index (χ4n) is 5.23. The van der Waals surface area contributed by atoms with E-state index in [2.05, 4.69) is 47.8 Å². The van der Waals surface area contributed by atoms with Crippen LogP contribution in [0.25, 0.3) is 27.9 Å². The molecule has 0 radical (unpaired) electrons. The normalized spacial score (nSPS) is 16.7. The third kappa shape index (κ3) is 4.04. The molecule has 190 valence electrons. The summed E-state index contributed by atoms with van der Waals surface area (Å²) in [5.41, 5.74) is 4.61. The molecule has 5 aromatic rings. The van der Waals surface area contributed by atoms with E-state index < -0.39 is 10.0 Å². The van der Waals surface area contributed by atoms with Gasteiger partial charge in [-0.05, 0) is 56.0 Å². The molecule has 1 atom stereocenters.